The Bertz CT molecular complexity index is 1130. The lowest BCUT2D eigenvalue weighted by atomic mass is 9.98. The summed E-state index contributed by atoms with van der Waals surface area (Å²) in [5, 5.41) is 13.3. The molecule has 0 bridgehead atoms. The summed E-state index contributed by atoms with van der Waals surface area (Å²) in [5.41, 5.74) is 1.01. The molecule has 40 heavy (non-hydrogen) atoms. The normalized spacial score (nSPS) is 23.6. The molecule has 6 nitrogen and oxygen atoms in total. The predicted molar refractivity (Wildman–Crippen MR) is 160 cm³/mol. The Labute approximate surface area is 239 Å². The van der Waals surface area contributed by atoms with Gasteiger partial charge in [0, 0.05) is 7.11 Å². The SMILES string of the molecule is C=CCO[C@@H]1[C@H](O)[C@@H](OC)O[C@H](CO[Si](c2ccccc2)(c2ccccc2)C(C)(C)C)[C@H]1OCc1ccccc1. The highest BCUT2D eigenvalue weighted by Gasteiger charge is 2.53. The number of hydrogen-bond acceptors (Lipinski definition) is 6. The Morgan fingerprint density at radius 3 is 1.90 bits per heavy atom. The van der Waals surface area contributed by atoms with E-state index in [0.717, 1.165) is 5.56 Å². The highest BCUT2D eigenvalue weighted by Crippen LogP contribution is 2.38. The fourth-order valence-corrected chi connectivity index (χ4v) is 10.1. The molecular formula is C33H42O6Si. The second-order valence-corrected chi connectivity index (χ2v) is 15.4. The highest BCUT2D eigenvalue weighted by molar-refractivity contribution is 6.99. The van der Waals surface area contributed by atoms with E-state index in [1.165, 1.54) is 17.5 Å². The van der Waals surface area contributed by atoms with Crippen LogP contribution >= 0.6 is 0 Å². The Balaban J connectivity index is 1.71. The van der Waals surface area contributed by atoms with Gasteiger partial charge in [-0.05, 0) is 21.0 Å². The number of ether oxygens (including phenoxy) is 4. The molecule has 1 heterocycles. The van der Waals surface area contributed by atoms with Crippen molar-refractivity contribution in [2.24, 2.45) is 0 Å². The molecule has 0 spiro atoms. The van der Waals surface area contributed by atoms with Gasteiger partial charge in [-0.1, -0.05) is 118 Å². The quantitative estimate of drug-likeness (QED) is 0.260. The summed E-state index contributed by atoms with van der Waals surface area (Å²) in [6.07, 6.45) is -2.15. The van der Waals surface area contributed by atoms with Crippen LogP contribution in [0.4, 0.5) is 0 Å². The fourth-order valence-electron chi connectivity index (χ4n) is 5.53. The fraction of sp³-hybridized carbons (Fsp3) is 0.394. The lowest BCUT2D eigenvalue weighted by Gasteiger charge is -2.47. The minimum Gasteiger partial charge on any atom is -0.405 e. The number of aliphatic hydroxyl groups is 1. The zero-order chi connectivity index (χ0) is 28.6. The van der Waals surface area contributed by atoms with Crippen molar-refractivity contribution in [3.8, 4) is 0 Å². The van der Waals surface area contributed by atoms with Crippen LogP contribution in [0.3, 0.4) is 0 Å². The molecule has 0 unspecified atom stereocenters. The first-order valence-corrected chi connectivity index (χ1v) is 15.7. The number of aliphatic hydroxyl groups excluding tert-OH is 1. The van der Waals surface area contributed by atoms with Gasteiger partial charge in [0.2, 0.25) is 0 Å². The molecule has 4 rings (SSSR count). The van der Waals surface area contributed by atoms with E-state index in [0.29, 0.717) is 6.61 Å². The van der Waals surface area contributed by atoms with Crippen molar-refractivity contribution in [1.29, 1.82) is 0 Å². The molecule has 1 aliphatic rings. The van der Waals surface area contributed by atoms with Gasteiger partial charge < -0.3 is 28.5 Å². The van der Waals surface area contributed by atoms with Gasteiger partial charge >= 0.3 is 0 Å². The Morgan fingerprint density at radius 2 is 1.40 bits per heavy atom. The zero-order valence-corrected chi connectivity index (χ0v) is 24.9. The van der Waals surface area contributed by atoms with Crippen LogP contribution in [0, 0.1) is 0 Å². The van der Waals surface area contributed by atoms with Crippen LogP contribution in [0.1, 0.15) is 26.3 Å². The smallest absolute Gasteiger partial charge is 0.261 e. The average molecular weight is 563 g/mol. The van der Waals surface area contributed by atoms with Crippen LogP contribution in [0.5, 0.6) is 0 Å². The standard InChI is InChI=1S/C33H42O6Si/c1-6-22-36-31-29(34)32(35-5)39-28(30(31)37-23-25-16-10-7-11-17-25)24-38-40(33(2,3)4,26-18-12-8-13-19-26)27-20-14-9-15-21-27/h6-21,28-32,34H,1,22-24H2,2-5H3/t28-,29+,30-,31-,32+/m1/s1. The number of hydrogen-bond donors (Lipinski definition) is 1. The van der Waals surface area contributed by atoms with E-state index < -0.39 is 39.0 Å². The predicted octanol–water partition coefficient (Wildman–Crippen LogP) is 4.45. The third-order valence-electron chi connectivity index (χ3n) is 7.42. The molecule has 1 fully saturated rings. The van der Waals surface area contributed by atoms with E-state index in [4.69, 9.17) is 23.4 Å². The summed E-state index contributed by atoms with van der Waals surface area (Å²) >= 11 is 0. The first-order chi connectivity index (χ1) is 19.3. The first kappa shape index (κ1) is 30.3. The topological polar surface area (TPSA) is 66.4 Å². The second-order valence-electron chi connectivity index (χ2n) is 11.1. The molecule has 1 N–H and O–H groups in total. The molecule has 0 radical (unpaired) electrons. The van der Waals surface area contributed by atoms with Crippen LogP contribution in [0.25, 0.3) is 0 Å². The van der Waals surface area contributed by atoms with Crippen LogP contribution < -0.4 is 10.4 Å². The van der Waals surface area contributed by atoms with Gasteiger partial charge in [-0.2, -0.15) is 0 Å². The first-order valence-electron chi connectivity index (χ1n) is 13.8. The van der Waals surface area contributed by atoms with Gasteiger partial charge in [-0.3, -0.25) is 0 Å². The molecular weight excluding hydrogens is 520 g/mol. The zero-order valence-electron chi connectivity index (χ0n) is 23.9. The Morgan fingerprint density at radius 1 is 0.850 bits per heavy atom. The van der Waals surface area contributed by atoms with Crippen molar-refractivity contribution in [2.75, 3.05) is 20.3 Å². The molecule has 214 valence electrons. The molecule has 0 amide bonds. The molecule has 7 heteroatoms. The van der Waals surface area contributed by atoms with E-state index in [1.807, 2.05) is 42.5 Å². The van der Waals surface area contributed by atoms with Gasteiger partial charge in [0.25, 0.3) is 8.32 Å². The van der Waals surface area contributed by atoms with E-state index in [2.05, 4.69) is 75.9 Å². The van der Waals surface area contributed by atoms with Crippen LogP contribution in [0.2, 0.25) is 5.04 Å². The summed E-state index contributed by atoms with van der Waals surface area (Å²) < 4.78 is 31.6. The van der Waals surface area contributed by atoms with Crippen molar-refractivity contribution in [2.45, 2.75) is 63.1 Å². The largest absolute Gasteiger partial charge is 0.405 e. The average Bonchev–Trinajstić information content (AvgIpc) is 2.97. The molecule has 0 aromatic heterocycles. The monoisotopic (exact) mass is 562 g/mol. The molecule has 1 saturated heterocycles. The minimum atomic E-state index is -2.84. The number of methoxy groups -OCH3 is 1. The molecule has 1 aliphatic heterocycles. The third kappa shape index (κ3) is 6.64. The minimum absolute atomic E-state index is 0.205. The third-order valence-corrected chi connectivity index (χ3v) is 12.4. The van der Waals surface area contributed by atoms with Crippen molar-refractivity contribution in [3.63, 3.8) is 0 Å². The van der Waals surface area contributed by atoms with E-state index >= 15 is 0 Å². The van der Waals surface area contributed by atoms with Crippen molar-refractivity contribution in [1.82, 2.24) is 0 Å². The summed E-state index contributed by atoms with van der Waals surface area (Å²) in [6.45, 7) is 11.3. The lowest BCUT2D eigenvalue weighted by molar-refractivity contribution is -0.307. The van der Waals surface area contributed by atoms with E-state index in [9.17, 15) is 5.11 Å². The molecule has 5 atom stereocenters. The summed E-state index contributed by atoms with van der Waals surface area (Å²) in [7, 11) is -1.32. The van der Waals surface area contributed by atoms with Crippen molar-refractivity contribution < 1.29 is 28.5 Å². The second kappa shape index (κ2) is 13.8. The summed E-state index contributed by atoms with van der Waals surface area (Å²) in [5.74, 6) is 0. The maximum Gasteiger partial charge on any atom is 0.261 e. The maximum absolute atomic E-state index is 11.1. The van der Waals surface area contributed by atoms with Gasteiger partial charge in [0.15, 0.2) is 6.29 Å². The van der Waals surface area contributed by atoms with Crippen LogP contribution in [-0.4, -0.2) is 64.5 Å². The Kier molecular flexibility index (Phi) is 10.5. The van der Waals surface area contributed by atoms with Gasteiger partial charge in [0.1, 0.15) is 24.4 Å². The molecule has 0 aliphatic carbocycles. The molecule has 3 aromatic carbocycles. The molecule has 3 aromatic rings. The Hall–Kier alpha value is -2.62. The maximum atomic E-state index is 11.1. The van der Waals surface area contributed by atoms with Crippen molar-refractivity contribution in [3.05, 3.63) is 109 Å². The van der Waals surface area contributed by atoms with Gasteiger partial charge in [0.05, 0.1) is 19.8 Å². The van der Waals surface area contributed by atoms with Gasteiger partial charge in [-0.15, -0.1) is 6.58 Å². The number of benzene rings is 3. The highest BCUT2D eigenvalue weighted by atomic mass is 28.4. The molecule has 0 saturated carbocycles. The van der Waals surface area contributed by atoms with Crippen molar-refractivity contribution >= 4 is 18.7 Å². The van der Waals surface area contributed by atoms with Crippen LogP contribution in [0.15, 0.2) is 104 Å². The number of rotatable bonds is 12. The lowest BCUT2D eigenvalue weighted by Crippen LogP contribution is -2.68. The van der Waals surface area contributed by atoms with Gasteiger partial charge in [-0.25, -0.2) is 0 Å². The van der Waals surface area contributed by atoms with E-state index in [-0.39, 0.29) is 18.3 Å². The summed E-state index contributed by atoms with van der Waals surface area (Å²) in [4.78, 5) is 0. The van der Waals surface area contributed by atoms with Crippen LogP contribution in [-0.2, 0) is 30.0 Å². The summed E-state index contributed by atoms with van der Waals surface area (Å²) in [6, 6.07) is 30.9. The van der Waals surface area contributed by atoms with E-state index in [1.54, 1.807) is 6.08 Å².